The van der Waals surface area contributed by atoms with Crippen molar-refractivity contribution in [3.8, 4) is 0 Å². The lowest BCUT2D eigenvalue weighted by molar-refractivity contribution is 0.574. The second-order valence-electron chi connectivity index (χ2n) is 5.39. The highest BCUT2D eigenvalue weighted by Gasteiger charge is 2.32. The summed E-state index contributed by atoms with van der Waals surface area (Å²) < 4.78 is 0. The van der Waals surface area contributed by atoms with E-state index in [2.05, 4.69) is 27.0 Å². The van der Waals surface area contributed by atoms with Crippen molar-refractivity contribution in [1.29, 1.82) is 0 Å². The predicted molar refractivity (Wildman–Crippen MR) is 73.6 cm³/mol. The van der Waals surface area contributed by atoms with Gasteiger partial charge in [0.05, 0.1) is 5.41 Å². The molecule has 0 atom stereocenters. The second-order valence-corrected chi connectivity index (χ2v) is 7.27. The van der Waals surface area contributed by atoms with Gasteiger partial charge in [-0.05, 0) is 46.3 Å². The van der Waals surface area contributed by atoms with E-state index in [4.69, 9.17) is 4.98 Å². The van der Waals surface area contributed by atoms with Crippen LogP contribution in [0.1, 0.15) is 49.1 Å². The Morgan fingerprint density at radius 1 is 1.19 bits per heavy atom. The number of fused-ring (bicyclic) bond motifs is 1. The van der Waals surface area contributed by atoms with Crippen LogP contribution in [0, 0.1) is 0 Å². The van der Waals surface area contributed by atoms with Crippen LogP contribution < -0.4 is 0 Å². The van der Waals surface area contributed by atoms with Crippen LogP contribution in [0.4, 0.5) is 0 Å². The Balaban J connectivity index is 2.52. The molecule has 16 heavy (non-hydrogen) atoms. The molecule has 0 N–H and O–H groups in total. The van der Waals surface area contributed by atoms with Crippen molar-refractivity contribution in [2.24, 2.45) is 0 Å². The minimum absolute atomic E-state index is 0.182. The van der Waals surface area contributed by atoms with Crippen LogP contribution in [0.2, 0.25) is 0 Å². The van der Waals surface area contributed by atoms with Crippen LogP contribution in [0.3, 0.4) is 0 Å². The molecular formula is C13H20NS2+. The van der Waals surface area contributed by atoms with Gasteiger partial charge in [-0.25, -0.2) is 0 Å². The summed E-state index contributed by atoms with van der Waals surface area (Å²) in [4.78, 5) is 6.45. The minimum Gasteiger partial charge on any atom is -0.190 e. The molecule has 0 unspecified atom stereocenters. The van der Waals surface area contributed by atoms with Crippen molar-refractivity contribution in [3.63, 3.8) is 0 Å². The van der Waals surface area contributed by atoms with E-state index in [-0.39, 0.29) is 5.41 Å². The molecular weight excluding hydrogens is 234 g/mol. The molecule has 1 aromatic heterocycles. The van der Waals surface area contributed by atoms with Gasteiger partial charge in [0.1, 0.15) is 5.03 Å². The number of nitrogens with zero attached hydrogens (tertiary/aromatic N) is 1. The molecule has 3 heteroatoms. The molecule has 1 heterocycles. The summed E-state index contributed by atoms with van der Waals surface area (Å²) in [5.41, 5.74) is 1.72. The molecule has 1 nitrogen and oxygen atoms in total. The van der Waals surface area contributed by atoms with E-state index in [0.29, 0.717) is 0 Å². The lowest BCUT2D eigenvalue weighted by atomic mass is 9.97. The zero-order valence-electron chi connectivity index (χ0n) is 10.6. The molecule has 2 rings (SSSR count). The summed E-state index contributed by atoms with van der Waals surface area (Å²) in [5, 5.41) is 2.57. The van der Waals surface area contributed by atoms with E-state index in [1.165, 1.54) is 41.3 Å². The number of thioether (sulfide) groups is 1. The number of hydrogen-bond acceptors (Lipinski definition) is 2. The lowest BCUT2D eigenvalue weighted by Gasteiger charge is -2.15. The fourth-order valence-corrected chi connectivity index (χ4v) is 4.03. The number of aryl methyl sites for hydroxylation is 1. The SMILES string of the molecule is CSc1nc(C(C)(C)C)[s+]c2c1CCCC2. The maximum absolute atomic E-state index is 4.86. The van der Waals surface area contributed by atoms with Crippen molar-refractivity contribution in [3.05, 3.63) is 15.4 Å². The third-order valence-corrected chi connectivity index (χ3v) is 5.25. The monoisotopic (exact) mass is 254 g/mol. The number of hydrogen-bond donors (Lipinski definition) is 0. The quantitative estimate of drug-likeness (QED) is 0.547. The summed E-state index contributed by atoms with van der Waals surface area (Å²) in [7, 11) is 0. The first-order chi connectivity index (χ1) is 7.52. The Kier molecular flexibility index (Phi) is 3.55. The molecule has 0 spiro atoms. The van der Waals surface area contributed by atoms with Crippen LogP contribution in [-0.2, 0) is 18.3 Å². The molecule has 0 fully saturated rings. The first-order valence-corrected chi connectivity index (χ1v) is 7.97. The van der Waals surface area contributed by atoms with Crippen molar-refractivity contribution < 1.29 is 0 Å². The molecule has 0 aliphatic heterocycles. The van der Waals surface area contributed by atoms with Gasteiger partial charge >= 0.3 is 5.01 Å². The van der Waals surface area contributed by atoms with Crippen LogP contribution in [0.5, 0.6) is 0 Å². The van der Waals surface area contributed by atoms with E-state index < -0.39 is 0 Å². The third kappa shape index (κ3) is 2.40. The Labute approximate surface area is 107 Å². The van der Waals surface area contributed by atoms with Gasteiger partial charge < -0.3 is 0 Å². The molecule has 1 aromatic rings. The molecule has 0 amide bonds. The minimum atomic E-state index is 0.182. The lowest BCUT2D eigenvalue weighted by Crippen LogP contribution is -2.15. The fraction of sp³-hybridized carbons (Fsp3) is 0.692. The van der Waals surface area contributed by atoms with Gasteiger partial charge in [0.2, 0.25) is 16.2 Å². The summed E-state index contributed by atoms with van der Waals surface area (Å²) >= 11 is 3.75. The van der Waals surface area contributed by atoms with Crippen molar-refractivity contribution in [2.75, 3.05) is 6.26 Å². The number of aromatic nitrogens is 1. The maximum Gasteiger partial charge on any atom is 0.305 e. The van der Waals surface area contributed by atoms with E-state index in [1.54, 1.807) is 4.88 Å². The van der Waals surface area contributed by atoms with Crippen LogP contribution in [-0.4, -0.2) is 11.2 Å². The topological polar surface area (TPSA) is 12.9 Å². The average molecular weight is 254 g/mol. The van der Waals surface area contributed by atoms with Crippen LogP contribution in [0.25, 0.3) is 0 Å². The second kappa shape index (κ2) is 4.61. The molecule has 0 saturated heterocycles. The molecule has 0 saturated carbocycles. The highest BCUT2D eigenvalue weighted by atomic mass is 32.2. The predicted octanol–water partition coefficient (Wildman–Crippen LogP) is 4.32. The van der Waals surface area contributed by atoms with E-state index in [9.17, 15) is 0 Å². The van der Waals surface area contributed by atoms with Gasteiger partial charge in [0.25, 0.3) is 0 Å². The van der Waals surface area contributed by atoms with Gasteiger partial charge in [0, 0.05) is 12.0 Å². The highest BCUT2D eigenvalue weighted by Crippen LogP contribution is 2.36. The van der Waals surface area contributed by atoms with Gasteiger partial charge in [-0.2, -0.15) is 4.98 Å². The van der Waals surface area contributed by atoms with Gasteiger partial charge in [0.15, 0.2) is 0 Å². The Hall–Kier alpha value is -0.150. The largest absolute Gasteiger partial charge is 0.305 e. The standard InChI is InChI=1S/C13H20NS2/c1-13(2,3)12-14-11(15-4)9-7-5-6-8-10(9)16-12/h5-8H2,1-4H3/q+1. The molecule has 0 radical (unpaired) electrons. The normalized spacial score (nSPS) is 16.0. The summed E-state index contributed by atoms with van der Waals surface area (Å²) in [6.45, 7) is 6.77. The van der Waals surface area contributed by atoms with E-state index in [0.717, 1.165) is 0 Å². The number of rotatable bonds is 1. The van der Waals surface area contributed by atoms with E-state index >= 15 is 0 Å². The van der Waals surface area contributed by atoms with Crippen LogP contribution >= 0.6 is 23.1 Å². The zero-order valence-corrected chi connectivity index (χ0v) is 12.2. The van der Waals surface area contributed by atoms with Gasteiger partial charge in [-0.1, -0.05) is 0 Å². The first kappa shape index (κ1) is 12.3. The first-order valence-electron chi connectivity index (χ1n) is 5.92. The van der Waals surface area contributed by atoms with Gasteiger partial charge in [-0.15, -0.1) is 11.8 Å². The Bertz CT molecular complexity index is 376. The molecule has 0 aromatic carbocycles. The molecule has 1 aliphatic rings. The molecule has 0 bridgehead atoms. The maximum atomic E-state index is 4.86. The Morgan fingerprint density at radius 3 is 2.50 bits per heavy atom. The molecule has 1 aliphatic carbocycles. The molecule has 88 valence electrons. The zero-order chi connectivity index (χ0) is 11.8. The summed E-state index contributed by atoms with van der Waals surface area (Å²) in [6.07, 6.45) is 7.33. The van der Waals surface area contributed by atoms with E-state index in [1.807, 2.05) is 23.1 Å². The summed E-state index contributed by atoms with van der Waals surface area (Å²) in [6, 6.07) is 0. The fourth-order valence-electron chi connectivity index (χ4n) is 2.01. The van der Waals surface area contributed by atoms with Crippen LogP contribution in [0.15, 0.2) is 5.03 Å². The van der Waals surface area contributed by atoms with Crippen molar-refractivity contribution in [1.82, 2.24) is 4.98 Å². The smallest absolute Gasteiger partial charge is 0.190 e. The third-order valence-electron chi connectivity index (χ3n) is 2.93. The average Bonchev–Trinajstić information content (AvgIpc) is 2.26. The van der Waals surface area contributed by atoms with Crippen molar-refractivity contribution >= 4 is 23.1 Å². The highest BCUT2D eigenvalue weighted by molar-refractivity contribution is 7.98. The Morgan fingerprint density at radius 2 is 1.88 bits per heavy atom. The van der Waals surface area contributed by atoms with Crippen molar-refractivity contribution in [2.45, 2.75) is 56.9 Å². The van der Waals surface area contributed by atoms with Gasteiger partial charge in [-0.3, -0.25) is 0 Å². The summed E-state index contributed by atoms with van der Waals surface area (Å²) in [5.74, 6) is 0.